The molecule has 100 valence electrons. The van der Waals surface area contributed by atoms with Gasteiger partial charge in [-0.3, -0.25) is 9.48 Å². The van der Waals surface area contributed by atoms with Crippen LogP contribution in [0.2, 0.25) is 0 Å². The maximum Gasteiger partial charge on any atom is 0.170 e. The summed E-state index contributed by atoms with van der Waals surface area (Å²) in [5.74, 6) is 0.133. The van der Waals surface area contributed by atoms with Gasteiger partial charge in [-0.25, -0.2) is 0 Å². The Bertz CT molecular complexity index is 624. The van der Waals surface area contributed by atoms with Crippen molar-refractivity contribution in [1.82, 2.24) is 9.78 Å². The molecule has 1 aliphatic rings. The normalized spacial score (nSPS) is 23.1. The molecule has 2 aromatic rings. The number of benzene rings is 1. The largest absolute Gasteiger partial charge is 0.367 e. The average Bonchev–Trinajstić information content (AvgIpc) is 2.97. The highest BCUT2D eigenvalue weighted by Gasteiger charge is 2.37. The Morgan fingerprint density at radius 3 is 3.00 bits per heavy atom. The van der Waals surface area contributed by atoms with Crippen LogP contribution in [0.15, 0.2) is 24.3 Å². The predicted molar refractivity (Wildman–Crippen MR) is 73.0 cm³/mol. The third kappa shape index (κ3) is 2.06. The number of para-hydroxylation sites is 1. The average molecular weight is 258 g/mol. The first-order valence-corrected chi connectivity index (χ1v) is 6.68. The van der Waals surface area contributed by atoms with Crippen LogP contribution in [0.25, 0.3) is 10.9 Å². The van der Waals surface area contributed by atoms with E-state index in [0.717, 1.165) is 29.4 Å². The van der Waals surface area contributed by atoms with Crippen molar-refractivity contribution in [2.24, 2.45) is 7.05 Å². The number of hydrogen-bond donors (Lipinski definition) is 0. The summed E-state index contributed by atoms with van der Waals surface area (Å²) in [4.78, 5) is 12.4. The molecule has 2 heterocycles. The molecule has 1 saturated heterocycles. The van der Waals surface area contributed by atoms with E-state index in [4.69, 9.17) is 4.74 Å². The summed E-state index contributed by atoms with van der Waals surface area (Å²) in [5, 5.41) is 5.53. The summed E-state index contributed by atoms with van der Waals surface area (Å²) in [6.45, 7) is 2.58. The number of Topliss-reactive ketones (excluding diaryl/α,β-unsaturated/α-hetero) is 1. The molecule has 1 aromatic heterocycles. The molecule has 0 bridgehead atoms. The van der Waals surface area contributed by atoms with Crippen molar-refractivity contribution in [2.75, 3.05) is 6.61 Å². The van der Waals surface area contributed by atoms with E-state index < -0.39 is 5.60 Å². The molecule has 0 amide bonds. The van der Waals surface area contributed by atoms with Crippen molar-refractivity contribution < 1.29 is 9.53 Å². The third-order valence-electron chi connectivity index (χ3n) is 3.97. The molecular formula is C15H18N2O2. The van der Waals surface area contributed by atoms with E-state index in [0.29, 0.717) is 13.0 Å². The maximum atomic E-state index is 12.4. The molecule has 19 heavy (non-hydrogen) atoms. The number of aryl methyl sites for hydroxylation is 1. The van der Waals surface area contributed by atoms with Crippen molar-refractivity contribution in [3.8, 4) is 0 Å². The van der Waals surface area contributed by atoms with E-state index in [-0.39, 0.29) is 5.78 Å². The van der Waals surface area contributed by atoms with Crippen molar-refractivity contribution in [2.45, 2.75) is 31.8 Å². The van der Waals surface area contributed by atoms with Crippen LogP contribution in [0.5, 0.6) is 0 Å². The highest BCUT2D eigenvalue weighted by Crippen LogP contribution is 2.28. The molecule has 0 saturated carbocycles. The van der Waals surface area contributed by atoms with Crippen LogP contribution < -0.4 is 0 Å². The van der Waals surface area contributed by atoms with Gasteiger partial charge in [0.05, 0.1) is 17.6 Å². The molecule has 4 nitrogen and oxygen atoms in total. The van der Waals surface area contributed by atoms with E-state index in [1.807, 2.05) is 42.9 Å². The van der Waals surface area contributed by atoms with Gasteiger partial charge in [0, 0.05) is 19.0 Å². The van der Waals surface area contributed by atoms with Crippen LogP contribution in [0.4, 0.5) is 0 Å². The quantitative estimate of drug-likeness (QED) is 0.848. The molecule has 0 N–H and O–H groups in total. The Kier molecular flexibility index (Phi) is 2.90. The highest BCUT2D eigenvalue weighted by molar-refractivity contribution is 5.93. The third-order valence-corrected chi connectivity index (χ3v) is 3.97. The van der Waals surface area contributed by atoms with E-state index in [2.05, 4.69) is 5.10 Å². The van der Waals surface area contributed by atoms with Gasteiger partial charge in [-0.1, -0.05) is 18.2 Å². The van der Waals surface area contributed by atoms with Gasteiger partial charge in [-0.2, -0.15) is 5.10 Å². The molecule has 0 radical (unpaired) electrons. The number of aromatic nitrogens is 2. The van der Waals surface area contributed by atoms with Gasteiger partial charge in [0.2, 0.25) is 0 Å². The molecule has 0 aliphatic carbocycles. The van der Waals surface area contributed by atoms with Crippen LogP contribution in [0.3, 0.4) is 0 Å². The second-order valence-electron chi connectivity index (χ2n) is 5.37. The molecule has 3 rings (SSSR count). The lowest BCUT2D eigenvalue weighted by molar-refractivity contribution is -0.136. The summed E-state index contributed by atoms with van der Waals surface area (Å²) in [6.07, 6.45) is 2.12. The first-order chi connectivity index (χ1) is 9.10. The lowest BCUT2D eigenvalue weighted by Crippen LogP contribution is -2.35. The minimum Gasteiger partial charge on any atom is -0.367 e. The van der Waals surface area contributed by atoms with Gasteiger partial charge < -0.3 is 4.74 Å². The standard InChI is InChI=1S/C15H18N2O2/c1-15(8-5-9-19-15)14(18)10-12-11-6-3-4-7-13(11)17(2)16-12/h3-4,6-7H,5,8-10H2,1-2H3. The predicted octanol–water partition coefficient (Wildman–Crippen LogP) is 2.25. The summed E-state index contributed by atoms with van der Waals surface area (Å²) in [7, 11) is 1.91. The summed E-state index contributed by atoms with van der Waals surface area (Å²) < 4.78 is 7.44. The Morgan fingerprint density at radius 1 is 1.47 bits per heavy atom. The fourth-order valence-corrected chi connectivity index (χ4v) is 2.76. The van der Waals surface area contributed by atoms with Crippen molar-refractivity contribution in [1.29, 1.82) is 0 Å². The number of carbonyl (C=O) groups excluding carboxylic acids is 1. The van der Waals surface area contributed by atoms with Crippen LogP contribution >= 0.6 is 0 Å². The minimum atomic E-state index is -0.612. The van der Waals surface area contributed by atoms with E-state index >= 15 is 0 Å². The number of carbonyl (C=O) groups is 1. The van der Waals surface area contributed by atoms with Gasteiger partial charge in [0.1, 0.15) is 5.60 Å². The number of ketones is 1. The van der Waals surface area contributed by atoms with Crippen LogP contribution in [-0.4, -0.2) is 27.8 Å². The number of hydrogen-bond acceptors (Lipinski definition) is 3. The van der Waals surface area contributed by atoms with E-state index in [9.17, 15) is 4.79 Å². The number of nitrogens with zero attached hydrogens (tertiary/aromatic N) is 2. The van der Waals surface area contributed by atoms with E-state index in [1.165, 1.54) is 0 Å². The number of ether oxygens (including phenoxy) is 1. The maximum absolute atomic E-state index is 12.4. The Hall–Kier alpha value is -1.68. The van der Waals surface area contributed by atoms with Crippen molar-refractivity contribution in [3.05, 3.63) is 30.0 Å². The lowest BCUT2D eigenvalue weighted by atomic mass is 9.93. The van der Waals surface area contributed by atoms with Gasteiger partial charge in [0.25, 0.3) is 0 Å². The molecular weight excluding hydrogens is 240 g/mol. The minimum absolute atomic E-state index is 0.133. The molecule has 1 aliphatic heterocycles. The fraction of sp³-hybridized carbons (Fsp3) is 0.467. The molecule has 1 fully saturated rings. The number of fused-ring (bicyclic) bond motifs is 1. The fourth-order valence-electron chi connectivity index (χ4n) is 2.76. The van der Waals surface area contributed by atoms with Crippen LogP contribution in [-0.2, 0) is 23.0 Å². The highest BCUT2D eigenvalue weighted by atomic mass is 16.5. The Morgan fingerprint density at radius 2 is 2.26 bits per heavy atom. The van der Waals surface area contributed by atoms with Crippen molar-refractivity contribution in [3.63, 3.8) is 0 Å². The molecule has 1 aromatic carbocycles. The van der Waals surface area contributed by atoms with Crippen LogP contribution in [0.1, 0.15) is 25.5 Å². The first-order valence-electron chi connectivity index (χ1n) is 6.68. The topological polar surface area (TPSA) is 44.1 Å². The van der Waals surface area contributed by atoms with Gasteiger partial charge in [-0.15, -0.1) is 0 Å². The Balaban J connectivity index is 1.91. The molecule has 1 unspecified atom stereocenters. The van der Waals surface area contributed by atoms with Crippen molar-refractivity contribution >= 4 is 16.7 Å². The monoisotopic (exact) mass is 258 g/mol. The molecule has 4 heteroatoms. The lowest BCUT2D eigenvalue weighted by Gasteiger charge is -2.20. The smallest absolute Gasteiger partial charge is 0.170 e. The van der Waals surface area contributed by atoms with Gasteiger partial charge in [0.15, 0.2) is 5.78 Å². The first kappa shape index (κ1) is 12.4. The zero-order valence-electron chi connectivity index (χ0n) is 11.3. The summed E-state index contributed by atoms with van der Waals surface area (Å²) in [6, 6.07) is 8.00. The number of rotatable bonds is 3. The van der Waals surface area contributed by atoms with Gasteiger partial charge >= 0.3 is 0 Å². The second kappa shape index (κ2) is 4.46. The second-order valence-corrected chi connectivity index (χ2v) is 5.37. The Labute approximate surface area is 112 Å². The van der Waals surface area contributed by atoms with E-state index in [1.54, 1.807) is 0 Å². The molecule has 0 spiro atoms. The summed E-state index contributed by atoms with van der Waals surface area (Å²) >= 11 is 0. The zero-order valence-corrected chi connectivity index (χ0v) is 11.3. The molecule has 1 atom stereocenters. The van der Waals surface area contributed by atoms with Gasteiger partial charge in [-0.05, 0) is 25.8 Å². The summed E-state index contributed by atoms with van der Waals surface area (Å²) in [5.41, 5.74) is 1.29. The zero-order chi connectivity index (χ0) is 13.5. The SMILES string of the molecule is Cn1nc(CC(=O)C2(C)CCCO2)c2ccccc21. The van der Waals surface area contributed by atoms with Crippen LogP contribution in [0, 0.1) is 0 Å².